The average Bonchev–Trinajstić information content (AvgIpc) is 3.61. The first-order chi connectivity index (χ1) is 16.5. The van der Waals surface area contributed by atoms with E-state index >= 15 is 0 Å². The number of carbonyl (C=O) groups excluding carboxylic acids is 4. The molecule has 0 fully saturated rings. The van der Waals surface area contributed by atoms with Crippen LogP contribution in [0.15, 0.2) is 95.7 Å². The van der Waals surface area contributed by atoms with Crippen LogP contribution in [0, 0.1) is 0 Å². The molecule has 2 heterocycles. The monoisotopic (exact) mass is 490 g/mol. The molecule has 0 radical (unpaired) electrons. The lowest BCUT2D eigenvalue weighted by Crippen LogP contribution is -2.45. The van der Waals surface area contributed by atoms with Crippen LogP contribution in [-0.4, -0.2) is 35.7 Å². The van der Waals surface area contributed by atoms with Gasteiger partial charge in [0.2, 0.25) is 23.8 Å². The van der Waals surface area contributed by atoms with E-state index in [2.05, 4.69) is 0 Å². The predicted molar refractivity (Wildman–Crippen MR) is 129 cm³/mol. The molecular formula is C26H18O6S2. The summed E-state index contributed by atoms with van der Waals surface area (Å²) in [5, 5.41) is 3.38. The van der Waals surface area contributed by atoms with Crippen LogP contribution in [0.5, 0.6) is 0 Å². The van der Waals surface area contributed by atoms with E-state index in [1.807, 2.05) is 0 Å². The summed E-state index contributed by atoms with van der Waals surface area (Å²) in [5.41, 5.74) is 0.395. The topological polar surface area (TPSA) is 86.7 Å². The van der Waals surface area contributed by atoms with Crippen molar-refractivity contribution >= 4 is 46.2 Å². The normalized spacial score (nSPS) is 12.4. The Hall–Kier alpha value is -3.88. The van der Waals surface area contributed by atoms with E-state index in [-0.39, 0.29) is 20.9 Å². The van der Waals surface area contributed by atoms with Crippen molar-refractivity contribution in [2.75, 3.05) is 0 Å². The van der Waals surface area contributed by atoms with Gasteiger partial charge in [-0.2, -0.15) is 0 Å². The van der Waals surface area contributed by atoms with Crippen LogP contribution < -0.4 is 0 Å². The summed E-state index contributed by atoms with van der Waals surface area (Å²) in [5.74, 6) is -2.88. The molecule has 0 saturated heterocycles. The molecule has 0 amide bonds. The van der Waals surface area contributed by atoms with Crippen molar-refractivity contribution in [3.8, 4) is 0 Å². The Kier molecular flexibility index (Phi) is 7.41. The van der Waals surface area contributed by atoms with Crippen molar-refractivity contribution in [2.45, 2.75) is 12.2 Å². The summed E-state index contributed by atoms with van der Waals surface area (Å²) in [6.45, 7) is 0. The Morgan fingerprint density at radius 2 is 0.912 bits per heavy atom. The van der Waals surface area contributed by atoms with Crippen LogP contribution in [0.1, 0.15) is 40.1 Å². The first-order valence-corrected chi connectivity index (χ1v) is 12.0. The van der Waals surface area contributed by atoms with Crippen molar-refractivity contribution in [3.63, 3.8) is 0 Å². The number of carbonyl (C=O) groups is 4. The molecule has 2 aromatic carbocycles. The Morgan fingerprint density at radius 3 is 1.24 bits per heavy atom. The largest absolute Gasteiger partial charge is 0.446 e. The third-order valence-corrected chi connectivity index (χ3v) is 6.58. The standard InChI is InChI=1S/C26H18O6S2/c27-21(19-13-7-15-33-19)23(31-25(29)17-9-3-1-4-10-17)24(22(28)20-14-8-16-34-20)32-26(30)18-11-5-2-6-12-18/h1-16,23-24H/t23-,24-/m0/s1. The lowest BCUT2D eigenvalue weighted by atomic mass is 10.0. The quantitative estimate of drug-likeness (QED) is 0.233. The average molecular weight is 491 g/mol. The second kappa shape index (κ2) is 10.8. The number of ether oxygens (including phenoxy) is 2. The second-order valence-electron chi connectivity index (χ2n) is 7.07. The van der Waals surface area contributed by atoms with Crippen LogP contribution in [0.25, 0.3) is 0 Å². The van der Waals surface area contributed by atoms with E-state index in [1.165, 1.54) is 24.3 Å². The minimum absolute atomic E-state index is 0.197. The maximum Gasteiger partial charge on any atom is 0.339 e. The highest BCUT2D eigenvalue weighted by atomic mass is 32.1. The molecule has 2 aromatic heterocycles. The molecule has 4 rings (SSSR count). The first kappa shape index (κ1) is 23.3. The Bertz CT molecular complexity index is 1160. The molecular weight excluding hydrogens is 472 g/mol. The fraction of sp³-hybridized carbons (Fsp3) is 0.0769. The van der Waals surface area contributed by atoms with Crippen molar-refractivity contribution in [2.24, 2.45) is 0 Å². The maximum atomic E-state index is 13.4. The Morgan fingerprint density at radius 1 is 0.529 bits per heavy atom. The van der Waals surface area contributed by atoms with Gasteiger partial charge >= 0.3 is 11.9 Å². The molecule has 6 nitrogen and oxygen atoms in total. The van der Waals surface area contributed by atoms with Gasteiger partial charge in [0.25, 0.3) is 0 Å². The molecule has 8 heteroatoms. The smallest absolute Gasteiger partial charge is 0.339 e. The first-order valence-electron chi connectivity index (χ1n) is 10.2. The molecule has 170 valence electrons. The summed E-state index contributed by atoms with van der Waals surface area (Å²) in [4.78, 5) is 53.1. The third-order valence-electron chi connectivity index (χ3n) is 4.81. The summed E-state index contributed by atoms with van der Waals surface area (Å²) in [7, 11) is 0. The molecule has 0 N–H and O–H groups in total. The van der Waals surface area contributed by atoms with Gasteiger partial charge in [-0.1, -0.05) is 48.5 Å². The molecule has 0 unspecified atom stereocenters. The number of rotatable bonds is 9. The molecule has 0 aliphatic heterocycles. The number of ketones is 2. The van der Waals surface area contributed by atoms with Gasteiger partial charge in [0, 0.05) is 0 Å². The van der Waals surface area contributed by atoms with Gasteiger partial charge in [-0.15, -0.1) is 22.7 Å². The summed E-state index contributed by atoms with van der Waals surface area (Å²) in [6, 6.07) is 22.6. The predicted octanol–water partition coefficient (Wildman–Crippen LogP) is 5.33. The maximum absolute atomic E-state index is 13.4. The van der Waals surface area contributed by atoms with Crippen LogP contribution in [0.2, 0.25) is 0 Å². The van der Waals surface area contributed by atoms with E-state index in [9.17, 15) is 19.2 Å². The second-order valence-corrected chi connectivity index (χ2v) is 8.96. The number of Topliss-reactive ketones (excluding diaryl/α,β-unsaturated/α-hetero) is 2. The Labute approximate surface area is 203 Å². The zero-order valence-electron chi connectivity index (χ0n) is 17.7. The molecule has 0 saturated carbocycles. The fourth-order valence-electron chi connectivity index (χ4n) is 3.14. The van der Waals surface area contributed by atoms with Crippen molar-refractivity contribution < 1.29 is 28.7 Å². The number of hydrogen-bond acceptors (Lipinski definition) is 8. The van der Waals surface area contributed by atoms with Crippen molar-refractivity contribution in [1.82, 2.24) is 0 Å². The minimum Gasteiger partial charge on any atom is -0.446 e. The van der Waals surface area contributed by atoms with E-state index in [4.69, 9.17) is 9.47 Å². The van der Waals surface area contributed by atoms with E-state index in [0.29, 0.717) is 0 Å². The summed E-state index contributed by atoms with van der Waals surface area (Å²) < 4.78 is 11.1. The van der Waals surface area contributed by atoms with Crippen LogP contribution in [0.4, 0.5) is 0 Å². The van der Waals surface area contributed by atoms with Gasteiger partial charge in [-0.25, -0.2) is 9.59 Å². The number of benzene rings is 2. The Balaban J connectivity index is 1.72. The van der Waals surface area contributed by atoms with Crippen LogP contribution in [-0.2, 0) is 9.47 Å². The van der Waals surface area contributed by atoms with Crippen LogP contribution in [0.3, 0.4) is 0 Å². The van der Waals surface area contributed by atoms with E-state index in [0.717, 1.165) is 22.7 Å². The van der Waals surface area contributed by atoms with Crippen LogP contribution >= 0.6 is 22.7 Å². The lowest BCUT2D eigenvalue weighted by Gasteiger charge is -2.24. The van der Waals surface area contributed by atoms with Gasteiger partial charge in [-0.05, 0) is 47.2 Å². The number of hydrogen-bond donors (Lipinski definition) is 0. The van der Waals surface area contributed by atoms with Gasteiger partial charge in [-0.3, -0.25) is 9.59 Å². The zero-order chi connectivity index (χ0) is 23.9. The lowest BCUT2D eigenvalue weighted by molar-refractivity contribution is -0.0205. The highest BCUT2D eigenvalue weighted by Crippen LogP contribution is 2.23. The molecule has 34 heavy (non-hydrogen) atoms. The minimum atomic E-state index is -1.67. The van der Waals surface area contributed by atoms with Gasteiger partial charge < -0.3 is 9.47 Å². The fourth-order valence-corrected chi connectivity index (χ4v) is 4.53. The SMILES string of the molecule is O=C(O[C@@H](C(=O)c1cccs1)[C@@H](OC(=O)c1ccccc1)C(=O)c1cccs1)c1ccccc1. The van der Waals surface area contributed by atoms with Gasteiger partial charge in [0.05, 0.1) is 20.9 Å². The molecule has 0 aliphatic rings. The van der Waals surface area contributed by atoms with Gasteiger partial charge in [0.15, 0.2) is 0 Å². The zero-order valence-corrected chi connectivity index (χ0v) is 19.3. The molecule has 0 bridgehead atoms. The molecule has 0 spiro atoms. The third kappa shape index (κ3) is 5.36. The van der Waals surface area contributed by atoms with Crippen molar-refractivity contribution in [1.29, 1.82) is 0 Å². The molecule has 4 aromatic rings. The van der Waals surface area contributed by atoms with E-state index < -0.39 is 35.7 Å². The highest BCUT2D eigenvalue weighted by Gasteiger charge is 2.42. The number of thiophene rings is 2. The molecule has 2 atom stereocenters. The summed E-state index contributed by atoms with van der Waals surface area (Å²) in [6.07, 6.45) is -3.35. The summed E-state index contributed by atoms with van der Waals surface area (Å²) >= 11 is 2.27. The highest BCUT2D eigenvalue weighted by molar-refractivity contribution is 7.12. The van der Waals surface area contributed by atoms with Crippen molar-refractivity contribution in [3.05, 3.63) is 117 Å². The number of esters is 2. The molecule has 0 aliphatic carbocycles. The van der Waals surface area contributed by atoms with Gasteiger partial charge in [0.1, 0.15) is 0 Å². The van der Waals surface area contributed by atoms with E-state index in [1.54, 1.807) is 71.4 Å².